The quantitative estimate of drug-likeness (QED) is 0.478. The standard InChI is InChI=1S/C18H11Cl3N2OS/c19-12-3-1-11(2-4-12)10-22-18-14(7-8-25-18)17(24)23-13-5-6-15(20)16(21)9-13/h1-10H,(H,23,24). The van der Waals surface area contributed by atoms with E-state index in [-0.39, 0.29) is 5.91 Å². The van der Waals surface area contributed by atoms with E-state index in [0.29, 0.717) is 31.3 Å². The minimum absolute atomic E-state index is 0.261. The molecule has 1 amide bonds. The molecule has 3 rings (SSSR count). The van der Waals surface area contributed by atoms with Crippen molar-refractivity contribution in [2.24, 2.45) is 4.99 Å². The summed E-state index contributed by atoms with van der Waals surface area (Å²) in [5.74, 6) is -0.261. The molecule has 0 fully saturated rings. The van der Waals surface area contributed by atoms with Gasteiger partial charge in [0.1, 0.15) is 5.00 Å². The average molecular weight is 410 g/mol. The highest BCUT2D eigenvalue weighted by atomic mass is 35.5. The topological polar surface area (TPSA) is 41.5 Å². The summed E-state index contributed by atoms with van der Waals surface area (Å²) in [5, 5.41) is 6.70. The maximum Gasteiger partial charge on any atom is 0.258 e. The van der Waals surface area contributed by atoms with Crippen molar-refractivity contribution < 1.29 is 4.79 Å². The highest BCUT2D eigenvalue weighted by molar-refractivity contribution is 7.14. The van der Waals surface area contributed by atoms with Gasteiger partial charge in [-0.05, 0) is 47.3 Å². The number of hydrogen-bond donors (Lipinski definition) is 1. The molecule has 0 saturated heterocycles. The van der Waals surface area contributed by atoms with Crippen molar-refractivity contribution in [3.63, 3.8) is 0 Å². The lowest BCUT2D eigenvalue weighted by atomic mass is 10.2. The van der Waals surface area contributed by atoms with Gasteiger partial charge < -0.3 is 5.32 Å². The van der Waals surface area contributed by atoms with Gasteiger partial charge in [-0.3, -0.25) is 4.79 Å². The zero-order valence-electron chi connectivity index (χ0n) is 12.7. The number of aliphatic imine (C=N–C) groups is 1. The number of benzene rings is 2. The Morgan fingerprint density at radius 1 is 1.00 bits per heavy atom. The Labute approximate surface area is 163 Å². The van der Waals surface area contributed by atoms with Crippen molar-refractivity contribution in [2.75, 3.05) is 5.32 Å². The highest BCUT2D eigenvalue weighted by Crippen LogP contribution is 2.29. The summed E-state index contributed by atoms with van der Waals surface area (Å²) in [6.45, 7) is 0. The summed E-state index contributed by atoms with van der Waals surface area (Å²) >= 11 is 19.1. The summed E-state index contributed by atoms with van der Waals surface area (Å²) in [4.78, 5) is 16.9. The van der Waals surface area contributed by atoms with Crippen LogP contribution >= 0.6 is 46.1 Å². The second-order valence-corrected chi connectivity index (χ2v) is 7.18. The zero-order valence-corrected chi connectivity index (χ0v) is 15.8. The Morgan fingerprint density at radius 3 is 2.48 bits per heavy atom. The van der Waals surface area contributed by atoms with Crippen LogP contribution in [0.5, 0.6) is 0 Å². The van der Waals surface area contributed by atoms with Crippen LogP contribution in [0.1, 0.15) is 15.9 Å². The van der Waals surface area contributed by atoms with E-state index in [1.165, 1.54) is 11.3 Å². The molecule has 0 bridgehead atoms. The molecule has 0 aliphatic heterocycles. The molecule has 1 N–H and O–H groups in total. The molecular weight excluding hydrogens is 399 g/mol. The molecule has 0 aliphatic carbocycles. The number of hydrogen-bond acceptors (Lipinski definition) is 3. The van der Waals surface area contributed by atoms with E-state index in [1.807, 2.05) is 17.5 Å². The lowest BCUT2D eigenvalue weighted by Crippen LogP contribution is -2.11. The zero-order chi connectivity index (χ0) is 17.8. The number of anilines is 1. The second-order valence-electron chi connectivity index (χ2n) is 5.03. The number of carbonyl (C=O) groups is 1. The van der Waals surface area contributed by atoms with Gasteiger partial charge in [-0.1, -0.05) is 46.9 Å². The Hall–Kier alpha value is -1.85. The van der Waals surface area contributed by atoms with Gasteiger partial charge >= 0.3 is 0 Å². The molecule has 25 heavy (non-hydrogen) atoms. The Balaban J connectivity index is 1.77. The van der Waals surface area contributed by atoms with Crippen molar-refractivity contribution in [1.82, 2.24) is 0 Å². The van der Waals surface area contributed by atoms with Crippen LogP contribution in [-0.2, 0) is 0 Å². The Morgan fingerprint density at radius 2 is 1.76 bits per heavy atom. The lowest BCUT2D eigenvalue weighted by molar-refractivity contribution is 0.102. The molecule has 126 valence electrons. The van der Waals surface area contributed by atoms with Crippen molar-refractivity contribution >= 4 is 68.9 Å². The van der Waals surface area contributed by atoms with Gasteiger partial charge in [0.2, 0.25) is 0 Å². The molecule has 0 unspecified atom stereocenters. The maximum absolute atomic E-state index is 12.5. The monoisotopic (exact) mass is 408 g/mol. The Bertz CT molecular complexity index is 936. The summed E-state index contributed by atoms with van der Waals surface area (Å²) in [6, 6.07) is 13.9. The first-order valence-electron chi connectivity index (χ1n) is 7.16. The third kappa shape index (κ3) is 4.61. The number of halogens is 3. The first kappa shape index (κ1) is 18.0. The van der Waals surface area contributed by atoms with Crippen LogP contribution in [-0.4, -0.2) is 12.1 Å². The molecule has 0 radical (unpaired) electrons. The maximum atomic E-state index is 12.5. The molecular formula is C18H11Cl3N2OS. The van der Waals surface area contributed by atoms with Crippen LogP contribution < -0.4 is 5.32 Å². The van der Waals surface area contributed by atoms with E-state index >= 15 is 0 Å². The van der Waals surface area contributed by atoms with E-state index in [0.717, 1.165) is 5.56 Å². The molecule has 1 aromatic heterocycles. The van der Waals surface area contributed by atoms with Crippen LogP contribution in [0, 0.1) is 0 Å². The number of carbonyl (C=O) groups excluding carboxylic acids is 1. The molecule has 7 heteroatoms. The summed E-state index contributed by atoms with van der Waals surface area (Å²) in [6.07, 6.45) is 1.69. The number of nitrogens with one attached hydrogen (secondary N) is 1. The van der Waals surface area contributed by atoms with Crippen molar-refractivity contribution in [2.45, 2.75) is 0 Å². The third-order valence-electron chi connectivity index (χ3n) is 3.27. The number of nitrogens with zero attached hydrogens (tertiary/aromatic N) is 1. The molecule has 0 saturated carbocycles. The number of rotatable bonds is 4. The lowest BCUT2D eigenvalue weighted by Gasteiger charge is -2.06. The minimum atomic E-state index is -0.261. The number of amides is 1. The first-order chi connectivity index (χ1) is 12.0. The molecule has 1 heterocycles. The fourth-order valence-electron chi connectivity index (χ4n) is 2.03. The molecule has 0 atom stereocenters. The summed E-state index contributed by atoms with van der Waals surface area (Å²) in [5.41, 5.74) is 1.95. The van der Waals surface area contributed by atoms with Gasteiger partial charge in [0, 0.05) is 16.9 Å². The van der Waals surface area contributed by atoms with Crippen LogP contribution in [0.25, 0.3) is 0 Å². The van der Waals surface area contributed by atoms with Gasteiger partial charge in [-0.15, -0.1) is 11.3 Å². The van der Waals surface area contributed by atoms with Gasteiger partial charge in [-0.25, -0.2) is 4.99 Å². The highest BCUT2D eigenvalue weighted by Gasteiger charge is 2.13. The summed E-state index contributed by atoms with van der Waals surface area (Å²) in [7, 11) is 0. The van der Waals surface area contributed by atoms with E-state index < -0.39 is 0 Å². The molecule has 0 spiro atoms. The SMILES string of the molecule is O=C(Nc1ccc(Cl)c(Cl)c1)c1ccsc1N=Cc1ccc(Cl)cc1. The van der Waals surface area contributed by atoms with E-state index in [2.05, 4.69) is 10.3 Å². The molecule has 3 aromatic rings. The van der Waals surface area contributed by atoms with Gasteiger partial charge in [0.25, 0.3) is 5.91 Å². The summed E-state index contributed by atoms with van der Waals surface area (Å²) < 4.78 is 0. The smallest absolute Gasteiger partial charge is 0.258 e. The predicted molar refractivity (Wildman–Crippen MR) is 107 cm³/mol. The van der Waals surface area contributed by atoms with Crippen LogP contribution in [0.15, 0.2) is 58.9 Å². The van der Waals surface area contributed by atoms with Crippen LogP contribution in [0.3, 0.4) is 0 Å². The van der Waals surface area contributed by atoms with Crippen molar-refractivity contribution in [3.05, 3.63) is 80.1 Å². The van der Waals surface area contributed by atoms with E-state index in [9.17, 15) is 4.79 Å². The van der Waals surface area contributed by atoms with E-state index in [4.69, 9.17) is 34.8 Å². The molecule has 2 aromatic carbocycles. The largest absolute Gasteiger partial charge is 0.322 e. The second kappa shape index (κ2) is 8.02. The Kier molecular flexibility index (Phi) is 5.76. The fourth-order valence-corrected chi connectivity index (χ4v) is 3.19. The predicted octanol–water partition coefficient (Wildman–Crippen LogP) is 6.71. The minimum Gasteiger partial charge on any atom is -0.322 e. The first-order valence-corrected chi connectivity index (χ1v) is 9.18. The molecule has 3 nitrogen and oxygen atoms in total. The van der Waals surface area contributed by atoms with Gasteiger partial charge in [0.15, 0.2) is 0 Å². The normalized spacial score (nSPS) is 11.0. The number of thiophene rings is 1. The van der Waals surface area contributed by atoms with Gasteiger partial charge in [-0.2, -0.15) is 0 Å². The van der Waals surface area contributed by atoms with Crippen molar-refractivity contribution in [3.8, 4) is 0 Å². The van der Waals surface area contributed by atoms with Crippen LogP contribution in [0.2, 0.25) is 15.1 Å². The van der Waals surface area contributed by atoms with Gasteiger partial charge in [0.05, 0.1) is 15.6 Å². The molecule has 0 aliphatic rings. The fraction of sp³-hybridized carbons (Fsp3) is 0. The van der Waals surface area contributed by atoms with Crippen LogP contribution in [0.4, 0.5) is 10.7 Å². The third-order valence-corrected chi connectivity index (χ3v) is 5.08. The van der Waals surface area contributed by atoms with Crippen molar-refractivity contribution in [1.29, 1.82) is 0 Å². The average Bonchev–Trinajstić information content (AvgIpc) is 3.06. The van der Waals surface area contributed by atoms with E-state index in [1.54, 1.807) is 42.6 Å².